The number of carbonyl (C=O) groups excluding carboxylic acids is 2. The number of carbonyl (C=O) groups is 2. The van der Waals surface area contributed by atoms with Crippen molar-refractivity contribution in [3.63, 3.8) is 0 Å². The van der Waals surface area contributed by atoms with Crippen molar-refractivity contribution in [2.75, 3.05) is 6.67 Å². The molecule has 0 aliphatic rings. The van der Waals surface area contributed by atoms with Crippen LogP contribution in [0.15, 0.2) is 34.3 Å². The number of aromatic hydroxyl groups is 2. The molecule has 9 heteroatoms. The van der Waals surface area contributed by atoms with E-state index in [2.05, 4.69) is 23.8 Å². The molecule has 2 rings (SSSR count). The number of nitrogens with zero attached hydrogens (tertiary/aromatic N) is 2. The van der Waals surface area contributed by atoms with Crippen molar-refractivity contribution in [2.45, 2.75) is 67.2 Å². The Bertz CT molecular complexity index is 946. The van der Waals surface area contributed by atoms with Gasteiger partial charge in [-0.2, -0.15) is 0 Å². The van der Waals surface area contributed by atoms with Gasteiger partial charge in [0, 0.05) is 35.5 Å². The molecule has 8 nitrogen and oxygen atoms in total. The Morgan fingerprint density at radius 2 is 1.03 bits per heavy atom. The average molecular weight is 544 g/mol. The van der Waals surface area contributed by atoms with Crippen LogP contribution in [0.5, 0.6) is 11.5 Å². The van der Waals surface area contributed by atoms with Gasteiger partial charge in [-0.15, -0.1) is 0 Å². The summed E-state index contributed by atoms with van der Waals surface area (Å²) in [6.07, 6.45) is 6.74. The summed E-state index contributed by atoms with van der Waals surface area (Å²) >= 11 is 0. The third-order valence-corrected chi connectivity index (χ3v) is 4.76. The van der Waals surface area contributed by atoms with E-state index in [9.17, 15) is 10.2 Å². The molecule has 0 atom stereocenters. The Balaban J connectivity index is 0. The molecule has 199 valence electrons. The monoisotopic (exact) mass is 543 g/mol. The molecule has 0 aliphatic carbocycles. The van der Waals surface area contributed by atoms with Gasteiger partial charge in [0.25, 0.3) is 0 Å². The SMILES string of the molecule is CC(=O)[O-].CC(=O)[O-].CCc1cc(C=NCN=Cc2cc(CC)cc(CC)c2O)c(O)c(CC)c1.[Co+2]. The maximum absolute atomic E-state index is 10.3. The van der Waals surface area contributed by atoms with E-state index >= 15 is 0 Å². The van der Waals surface area contributed by atoms with Gasteiger partial charge >= 0.3 is 16.8 Å². The molecule has 2 aromatic rings. The first-order valence-corrected chi connectivity index (χ1v) is 11.5. The molecular weight excluding hydrogens is 507 g/mol. The zero-order valence-electron chi connectivity index (χ0n) is 21.8. The quantitative estimate of drug-likeness (QED) is 0.489. The van der Waals surface area contributed by atoms with E-state index < -0.39 is 11.9 Å². The van der Waals surface area contributed by atoms with Crippen LogP contribution in [0, 0.1) is 0 Å². The summed E-state index contributed by atoms with van der Waals surface area (Å²) in [5.41, 5.74) is 5.70. The second-order valence-corrected chi connectivity index (χ2v) is 7.55. The zero-order chi connectivity index (χ0) is 27.0. The summed E-state index contributed by atoms with van der Waals surface area (Å²) in [6, 6.07) is 8.01. The normalized spacial score (nSPS) is 10.2. The van der Waals surface area contributed by atoms with Crippen molar-refractivity contribution >= 4 is 24.4 Å². The largest absolute Gasteiger partial charge is 2.00 e. The molecule has 0 amide bonds. The summed E-state index contributed by atoms with van der Waals surface area (Å²) in [5, 5.41) is 38.4. The van der Waals surface area contributed by atoms with Crippen molar-refractivity contribution in [2.24, 2.45) is 9.98 Å². The Labute approximate surface area is 224 Å². The van der Waals surface area contributed by atoms with Gasteiger partial charge < -0.3 is 30.0 Å². The predicted molar refractivity (Wildman–Crippen MR) is 135 cm³/mol. The van der Waals surface area contributed by atoms with E-state index in [1.54, 1.807) is 12.4 Å². The van der Waals surface area contributed by atoms with E-state index in [1.807, 2.05) is 38.1 Å². The summed E-state index contributed by atoms with van der Waals surface area (Å²) in [7, 11) is 0. The Hall–Kier alpha value is -3.17. The van der Waals surface area contributed by atoms with Gasteiger partial charge in [0.15, 0.2) is 0 Å². The third kappa shape index (κ3) is 13.6. The maximum Gasteiger partial charge on any atom is 2.00 e. The average Bonchev–Trinajstić information content (AvgIpc) is 2.80. The molecule has 0 spiro atoms. The van der Waals surface area contributed by atoms with Crippen LogP contribution in [0.1, 0.15) is 74.9 Å². The van der Waals surface area contributed by atoms with Crippen LogP contribution in [-0.4, -0.2) is 41.2 Å². The van der Waals surface area contributed by atoms with Crippen molar-refractivity contribution in [1.82, 2.24) is 0 Å². The number of carboxylic acids is 2. The predicted octanol–water partition coefficient (Wildman–Crippen LogP) is 2.35. The van der Waals surface area contributed by atoms with Gasteiger partial charge in [-0.3, -0.25) is 9.98 Å². The van der Waals surface area contributed by atoms with Crippen molar-refractivity contribution in [3.05, 3.63) is 57.6 Å². The number of phenols is 2. The van der Waals surface area contributed by atoms with Crippen LogP contribution in [0.3, 0.4) is 0 Å². The maximum atomic E-state index is 10.3. The molecule has 0 bridgehead atoms. The summed E-state index contributed by atoms with van der Waals surface area (Å²) < 4.78 is 0. The Kier molecular flexibility index (Phi) is 18.5. The molecule has 0 aromatic heterocycles. The fourth-order valence-electron chi connectivity index (χ4n) is 3.04. The van der Waals surface area contributed by atoms with E-state index in [-0.39, 0.29) is 23.4 Å². The van der Waals surface area contributed by atoms with Crippen molar-refractivity contribution in [1.29, 1.82) is 0 Å². The van der Waals surface area contributed by atoms with E-state index in [0.717, 1.165) is 61.8 Å². The number of carboxylic acid groups (broad SMARTS) is 2. The second kappa shape index (κ2) is 19.1. The molecule has 36 heavy (non-hydrogen) atoms. The van der Waals surface area contributed by atoms with Gasteiger partial charge in [-0.25, -0.2) is 0 Å². The smallest absolute Gasteiger partial charge is 0.550 e. The minimum Gasteiger partial charge on any atom is -0.550 e. The van der Waals surface area contributed by atoms with Crippen LogP contribution < -0.4 is 10.2 Å². The van der Waals surface area contributed by atoms with Crippen LogP contribution in [0.25, 0.3) is 0 Å². The summed E-state index contributed by atoms with van der Waals surface area (Å²) in [4.78, 5) is 26.4. The van der Waals surface area contributed by atoms with Crippen molar-refractivity contribution in [3.8, 4) is 11.5 Å². The van der Waals surface area contributed by atoms with Crippen LogP contribution in [0.2, 0.25) is 0 Å². The second-order valence-electron chi connectivity index (χ2n) is 7.55. The third-order valence-electron chi connectivity index (χ3n) is 4.76. The first-order valence-electron chi connectivity index (χ1n) is 11.5. The van der Waals surface area contributed by atoms with Crippen LogP contribution in [-0.2, 0) is 52.1 Å². The molecule has 2 N–H and O–H groups in total. The number of hydrogen-bond acceptors (Lipinski definition) is 8. The summed E-state index contributed by atoms with van der Waals surface area (Å²) in [6.45, 7) is 10.4. The van der Waals surface area contributed by atoms with Gasteiger partial charge in [0.1, 0.15) is 18.2 Å². The van der Waals surface area contributed by atoms with Crippen LogP contribution >= 0.6 is 0 Å². The number of aliphatic imine (C=N–C) groups is 2. The fourth-order valence-corrected chi connectivity index (χ4v) is 3.04. The molecule has 0 saturated carbocycles. The van der Waals surface area contributed by atoms with E-state index in [0.29, 0.717) is 11.5 Å². The Morgan fingerprint density at radius 1 is 0.722 bits per heavy atom. The number of rotatable bonds is 8. The van der Waals surface area contributed by atoms with Gasteiger partial charge in [0.2, 0.25) is 0 Å². The topological polar surface area (TPSA) is 145 Å². The number of hydrogen-bond donors (Lipinski definition) is 2. The zero-order valence-corrected chi connectivity index (χ0v) is 22.8. The molecule has 0 unspecified atom stereocenters. The minimum atomic E-state index is -1.08. The van der Waals surface area contributed by atoms with Gasteiger partial charge in [0.05, 0.1) is 0 Å². The number of aryl methyl sites for hydroxylation is 4. The molecule has 1 radical (unpaired) electrons. The van der Waals surface area contributed by atoms with Gasteiger partial charge in [-0.1, -0.05) is 39.8 Å². The summed E-state index contributed by atoms with van der Waals surface area (Å²) in [5.74, 6) is -1.58. The molecule has 0 saturated heterocycles. The molecule has 0 heterocycles. The molecule has 2 aromatic carbocycles. The number of benzene rings is 2. The molecular formula is C27H36CoN2O6. The van der Waals surface area contributed by atoms with Crippen LogP contribution in [0.4, 0.5) is 0 Å². The first kappa shape index (κ1) is 35.0. The van der Waals surface area contributed by atoms with E-state index in [4.69, 9.17) is 19.8 Å². The Morgan fingerprint density at radius 3 is 1.28 bits per heavy atom. The number of phenolic OH excluding ortho intramolecular Hbond substituents is 2. The van der Waals surface area contributed by atoms with Crippen molar-refractivity contribution < 1.29 is 46.8 Å². The molecule has 0 fully saturated rings. The van der Waals surface area contributed by atoms with E-state index in [1.165, 1.54) is 11.1 Å². The standard InChI is InChI=1S/C23H30N2O2.2C2H4O2.Co/c1-5-16-9-18(7-3)22(26)20(11-16)13-24-15-25-14-21-12-17(6-2)10-19(8-4)23(21)27;2*1-2(3)4;/h9-14,26-27H,5-8,15H2,1-4H3;2*1H3,(H,3,4);/q;;;+2/p-2. The first-order chi connectivity index (χ1) is 16.5. The fraction of sp³-hybridized carbons (Fsp3) is 0.407. The number of aliphatic carboxylic acids is 2. The molecule has 0 aliphatic heterocycles. The minimum absolute atomic E-state index is 0. The van der Waals surface area contributed by atoms with Gasteiger partial charge in [-0.05, 0) is 73.9 Å².